The van der Waals surface area contributed by atoms with Crippen molar-refractivity contribution >= 4 is 17.1 Å². The molecular formula is C36H49NO5. The van der Waals surface area contributed by atoms with E-state index in [0.29, 0.717) is 35.9 Å². The minimum Gasteiger partial charge on any atom is -0.478 e. The first-order chi connectivity index (χ1) is 20.4. The highest BCUT2D eigenvalue weighted by Crippen LogP contribution is 2.26. The van der Waals surface area contributed by atoms with Gasteiger partial charge in [-0.05, 0) is 68.4 Å². The number of fused-ring (bicyclic) bond motifs is 1. The molecule has 1 aromatic carbocycles. The van der Waals surface area contributed by atoms with Crippen molar-refractivity contribution in [3.8, 4) is 17.0 Å². The predicted octanol–water partition coefficient (Wildman–Crippen LogP) is 9.30. The molecule has 0 saturated carbocycles. The summed E-state index contributed by atoms with van der Waals surface area (Å²) >= 11 is 0. The average molecular weight is 576 g/mol. The van der Waals surface area contributed by atoms with Crippen LogP contribution in [0.25, 0.3) is 22.2 Å². The quantitative estimate of drug-likeness (QED) is 0.0759. The van der Waals surface area contributed by atoms with Crippen molar-refractivity contribution in [1.29, 1.82) is 0 Å². The molecule has 6 nitrogen and oxygen atoms in total. The number of carbonyl (C=O) groups excluding carboxylic acids is 1. The zero-order valence-electron chi connectivity index (χ0n) is 26.0. The lowest BCUT2D eigenvalue weighted by molar-refractivity contribution is -0.139. The van der Waals surface area contributed by atoms with E-state index < -0.39 is 0 Å². The number of unbranched alkanes of at least 4 members (excludes halogenated alkanes) is 11. The zero-order valence-corrected chi connectivity index (χ0v) is 26.0. The predicted molar refractivity (Wildman–Crippen MR) is 171 cm³/mol. The standard InChI is InChI=1S/C36H49NO5/c1-5-6-15-18-29-19-21-31(28(4)25-29)32-26-30-20-22-33(37-34(30)42-36(32)39)40-23-16-13-11-9-7-8-10-12-14-17-24-41-35(38)27(2)3/h19-22,25-26H,2,5-18,23-24H2,1,3-4H3. The molecule has 0 aliphatic carbocycles. The SMILES string of the molecule is C=C(C)C(=O)OCCCCCCCCCCCCOc1ccc2cc(-c3ccc(CCCCC)cc3C)c(=O)oc2n1. The topological polar surface area (TPSA) is 78.6 Å². The van der Waals surface area contributed by atoms with Crippen molar-refractivity contribution in [3.05, 3.63) is 70.1 Å². The minimum atomic E-state index is -0.377. The van der Waals surface area contributed by atoms with Crippen LogP contribution in [0, 0.1) is 6.92 Å². The summed E-state index contributed by atoms with van der Waals surface area (Å²) in [6.45, 7) is 10.6. The number of carbonyl (C=O) groups is 1. The summed E-state index contributed by atoms with van der Waals surface area (Å²) in [5, 5.41) is 0.787. The number of nitrogens with zero attached hydrogens (tertiary/aromatic N) is 1. The van der Waals surface area contributed by atoms with Gasteiger partial charge in [0.1, 0.15) is 0 Å². The molecule has 0 aliphatic heterocycles. The van der Waals surface area contributed by atoms with Crippen LogP contribution < -0.4 is 10.4 Å². The first kappa shape index (κ1) is 33.1. The van der Waals surface area contributed by atoms with Gasteiger partial charge in [-0.1, -0.05) is 95.9 Å². The highest BCUT2D eigenvalue weighted by atomic mass is 16.5. The Balaban J connectivity index is 1.33. The fourth-order valence-electron chi connectivity index (χ4n) is 5.10. The van der Waals surface area contributed by atoms with Crippen LogP contribution in [0.2, 0.25) is 0 Å². The molecule has 0 radical (unpaired) electrons. The number of esters is 1. The van der Waals surface area contributed by atoms with Crippen molar-refractivity contribution in [1.82, 2.24) is 4.98 Å². The maximum atomic E-state index is 12.9. The summed E-state index contributed by atoms with van der Waals surface area (Å²) < 4.78 is 16.6. The van der Waals surface area contributed by atoms with E-state index >= 15 is 0 Å². The molecule has 2 heterocycles. The zero-order chi connectivity index (χ0) is 30.2. The number of ether oxygens (including phenoxy) is 2. The van der Waals surface area contributed by atoms with Crippen LogP contribution in [-0.2, 0) is 16.0 Å². The Kier molecular flexibility index (Phi) is 14.3. The fraction of sp³-hybridized carbons (Fsp3) is 0.528. The van der Waals surface area contributed by atoms with Gasteiger partial charge in [0.2, 0.25) is 11.6 Å². The van der Waals surface area contributed by atoms with Gasteiger partial charge in [-0.25, -0.2) is 9.59 Å². The van der Waals surface area contributed by atoms with Crippen molar-refractivity contribution in [2.45, 2.75) is 111 Å². The molecule has 3 aromatic rings. The van der Waals surface area contributed by atoms with E-state index in [-0.39, 0.29) is 11.6 Å². The van der Waals surface area contributed by atoms with Crippen molar-refractivity contribution in [3.63, 3.8) is 0 Å². The van der Waals surface area contributed by atoms with Crippen molar-refractivity contribution in [2.24, 2.45) is 0 Å². The summed E-state index contributed by atoms with van der Waals surface area (Å²) in [6.07, 6.45) is 16.1. The molecule has 0 fully saturated rings. The van der Waals surface area contributed by atoms with Crippen LogP contribution >= 0.6 is 0 Å². The molecule has 0 N–H and O–H groups in total. The molecule has 0 amide bonds. The molecule has 0 saturated heterocycles. The summed E-state index contributed by atoms with van der Waals surface area (Å²) in [5.41, 5.74) is 4.25. The first-order valence-corrected chi connectivity index (χ1v) is 15.9. The smallest absolute Gasteiger partial charge is 0.345 e. The van der Waals surface area contributed by atoms with Crippen LogP contribution in [0.15, 0.2) is 57.8 Å². The maximum absolute atomic E-state index is 12.9. The minimum absolute atomic E-state index is 0.291. The number of aryl methyl sites for hydroxylation is 2. The molecular weight excluding hydrogens is 526 g/mol. The normalized spacial score (nSPS) is 11.1. The largest absolute Gasteiger partial charge is 0.478 e. The maximum Gasteiger partial charge on any atom is 0.345 e. The number of pyridine rings is 1. The van der Waals surface area contributed by atoms with Gasteiger partial charge in [0.05, 0.1) is 18.8 Å². The Morgan fingerprint density at radius 2 is 1.50 bits per heavy atom. The Labute approximate surface area is 251 Å². The number of aromatic nitrogens is 1. The number of rotatable bonds is 20. The lowest BCUT2D eigenvalue weighted by Crippen LogP contribution is -2.05. The summed E-state index contributed by atoms with van der Waals surface area (Å²) in [5.74, 6) is 0.196. The highest BCUT2D eigenvalue weighted by Gasteiger charge is 2.12. The Bertz CT molecular complexity index is 1340. The lowest BCUT2D eigenvalue weighted by Gasteiger charge is -2.09. The van der Waals surface area contributed by atoms with Gasteiger partial charge < -0.3 is 13.9 Å². The van der Waals surface area contributed by atoms with Gasteiger partial charge in [0.15, 0.2) is 0 Å². The van der Waals surface area contributed by atoms with Crippen LogP contribution in [0.3, 0.4) is 0 Å². The van der Waals surface area contributed by atoms with Gasteiger partial charge in [-0.2, -0.15) is 4.98 Å². The lowest BCUT2D eigenvalue weighted by atomic mass is 9.97. The van der Waals surface area contributed by atoms with Gasteiger partial charge in [-0.15, -0.1) is 0 Å². The second-order valence-corrected chi connectivity index (χ2v) is 11.4. The van der Waals surface area contributed by atoms with E-state index in [9.17, 15) is 9.59 Å². The van der Waals surface area contributed by atoms with E-state index in [2.05, 4.69) is 37.5 Å². The number of benzene rings is 1. The summed E-state index contributed by atoms with van der Waals surface area (Å²) in [4.78, 5) is 28.6. The van der Waals surface area contributed by atoms with E-state index in [1.54, 1.807) is 6.92 Å². The van der Waals surface area contributed by atoms with Gasteiger partial charge in [0, 0.05) is 17.0 Å². The van der Waals surface area contributed by atoms with Crippen LogP contribution in [-0.4, -0.2) is 24.2 Å². The third-order valence-electron chi connectivity index (χ3n) is 7.59. The van der Waals surface area contributed by atoms with Crippen LogP contribution in [0.5, 0.6) is 5.88 Å². The average Bonchev–Trinajstić information content (AvgIpc) is 2.97. The molecule has 6 heteroatoms. The molecule has 228 valence electrons. The van der Waals surface area contributed by atoms with Gasteiger partial charge in [-0.3, -0.25) is 0 Å². The third-order valence-corrected chi connectivity index (χ3v) is 7.59. The molecule has 0 atom stereocenters. The van der Waals surface area contributed by atoms with Crippen molar-refractivity contribution in [2.75, 3.05) is 13.2 Å². The molecule has 0 spiro atoms. The van der Waals surface area contributed by atoms with E-state index in [1.165, 1.54) is 63.4 Å². The monoisotopic (exact) mass is 575 g/mol. The molecule has 0 bridgehead atoms. The molecule has 0 aliphatic rings. The van der Waals surface area contributed by atoms with Crippen LogP contribution in [0.4, 0.5) is 0 Å². The molecule has 3 rings (SSSR count). The van der Waals surface area contributed by atoms with Crippen LogP contribution in [0.1, 0.15) is 108 Å². The van der Waals surface area contributed by atoms with Gasteiger partial charge in [0.25, 0.3) is 0 Å². The second kappa shape index (κ2) is 18.2. The number of hydrogen-bond acceptors (Lipinski definition) is 6. The highest BCUT2D eigenvalue weighted by molar-refractivity contribution is 5.86. The molecule has 2 aromatic heterocycles. The van der Waals surface area contributed by atoms with Crippen molar-refractivity contribution < 1.29 is 18.7 Å². The summed E-state index contributed by atoms with van der Waals surface area (Å²) in [7, 11) is 0. The van der Waals surface area contributed by atoms with E-state index in [1.807, 2.05) is 24.3 Å². The first-order valence-electron chi connectivity index (χ1n) is 15.9. The fourth-order valence-corrected chi connectivity index (χ4v) is 5.10. The second-order valence-electron chi connectivity index (χ2n) is 11.4. The Hall–Kier alpha value is -3.41. The third kappa shape index (κ3) is 11.1. The Morgan fingerprint density at radius 3 is 2.14 bits per heavy atom. The van der Waals surface area contributed by atoms with E-state index in [4.69, 9.17) is 13.9 Å². The van der Waals surface area contributed by atoms with E-state index in [0.717, 1.165) is 48.6 Å². The molecule has 42 heavy (non-hydrogen) atoms. The number of hydrogen-bond donors (Lipinski definition) is 0. The van der Waals surface area contributed by atoms with Gasteiger partial charge >= 0.3 is 11.6 Å². The Morgan fingerprint density at radius 1 is 0.833 bits per heavy atom. The summed E-state index contributed by atoms with van der Waals surface area (Å²) in [6, 6.07) is 12.0. The molecule has 0 unspecified atom stereocenters.